The molecule has 0 aromatic rings. The van der Waals surface area contributed by atoms with Gasteiger partial charge in [0, 0.05) is 6.04 Å². The second-order valence-electron chi connectivity index (χ2n) is 6.64. The van der Waals surface area contributed by atoms with Gasteiger partial charge in [0.1, 0.15) is 0 Å². The number of carbonyl (C=O) groups is 1. The van der Waals surface area contributed by atoms with E-state index in [1.54, 1.807) is 0 Å². The highest BCUT2D eigenvalue weighted by Gasteiger charge is 2.41. The Kier molecular flexibility index (Phi) is 7.57. The van der Waals surface area contributed by atoms with E-state index in [2.05, 4.69) is 44.8 Å². The highest BCUT2D eigenvalue weighted by atomic mass is 16.2. The highest BCUT2D eigenvalue weighted by molar-refractivity contribution is 5.84. The first-order chi connectivity index (χ1) is 9.52. The Balaban J connectivity index is 2.66. The van der Waals surface area contributed by atoms with E-state index in [1.165, 1.54) is 19.3 Å². The summed E-state index contributed by atoms with van der Waals surface area (Å²) in [5.74, 6) is 0.806. The molecule has 0 aromatic carbocycles. The van der Waals surface area contributed by atoms with Crippen molar-refractivity contribution in [2.24, 2.45) is 5.92 Å². The van der Waals surface area contributed by atoms with Gasteiger partial charge in [0.2, 0.25) is 5.91 Å². The molecule has 1 aliphatic heterocycles. The van der Waals surface area contributed by atoms with Crippen LogP contribution < -0.4 is 5.32 Å². The van der Waals surface area contributed by atoms with Gasteiger partial charge in [-0.3, -0.25) is 10.1 Å². The fraction of sp³-hybridized carbons (Fsp3) is 0.941. The zero-order valence-corrected chi connectivity index (χ0v) is 14.1. The molecule has 0 radical (unpaired) electrons. The highest BCUT2D eigenvalue weighted by Crippen LogP contribution is 2.25. The first-order valence-corrected chi connectivity index (χ1v) is 8.61. The van der Waals surface area contributed by atoms with Gasteiger partial charge in [-0.2, -0.15) is 0 Å². The third kappa shape index (κ3) is 4.47. The van der Waals surface area contributed by atoms with Crippen LogP contribution in [0.3, 0.4) is 0 Å². The van der Waals surface area contributed by atoms with Crippen LogP contribution in [0.4, 0.5) is 0 Å². The van der Waals surface area contributed by atoms with E-state index in [4.69, 9.17) is 0 Å². The third-order valence-corrected chi connectivity index (χ3v) is 4.40. The lowest BCUT2D eigenvalue weighted by molar-refractivity contribution is -0.132. The molecular formula is C17H34N2O. The minimum absolute atomic E-state index is 0.0518. The molecule has 1 N–H and O–H groups in total. The number of amides is 1. The van der Waals surface area contributed by atoms with Crippen molar-refractivity contribution in [3.8, 4) is 0 Å². The minimum Gasteiger partial charge on any atom is -0.323 e. The van der Waals surface area contributed by atoms with Crippen LogP contribution in [0.15, 0.2) is 0 Å². The van der Waals surface area contributed by atoms with Gasteiger partial charge in [0.15, 0.2) is 0 Å². The summed E-state index contributed by atoms with van der Waals surface area (Å²) in [6.07, 6.45) is 8.36. The van der Waals surface area contributed by atoms with Gasteiger partial charge in [-0.25, -0.2) is 0 Å². The molecule has 1 aliphatic rings. The Bertz CT molecular complexity index is 291. The number of unbranched alkanes of at least 4 members (excludes halogenated alkanes) is 3. The van der Waals surface area contributed by atoms with E-state index >= 15 is 0 Å². The molecule has 1 amide bonds. The normalized spacial score (nSPS) is 24.7. The van der Waals surface area contributed by atoms with E-state index in [0.29, 0.717) is 17.9 Å². The maximum Gasteiger partial charge on any atom is 0.241 e. The van der Waals surface area contributed by atoms with Gasteiger partial charge in [-0.05, 0) is 25.7 Å². The van der Waals surface area contributed by atoms with Crippen LogP contribution in [-0.2, 0) is 4.79 Å². The Morgan fingerprint density at radius 2 is 1.75 bits per heavy atom. The lowest BCUT2D eigenvalue weighted by Crippen LogP contribution is -2.46. The second-order valence-corrected chi connectivity index (χ2v) is 6.64. The molecule has 3 atom stereocenters. The predicted molar refractivity (Wildman–Crippen MR) is 85.5 cm³/mol. The molecule has 0 aromatic heterocycles. The molecule has 1 heterocycles. The summed E-state index contributed by atoms with van der Waals surface area (Å²) in [5, 5.41) is 3.57. The molecule has 0 bridgehead atoms. The number of nitrogens with one attached hydrogen (secondary N) is 1. The largest absolute Gasteiger partial charge is 0.323 e. The van der Waals surface area contributed by atoms with Gasteiger partial charge < -0.3 is 4.90 Å². The van der Waals surface area contributed by atoms with Crippen LogP contribution in [-0.4, -0.2) is 29.1 Å². The second kappa shape index (κ2) is 8.66. The fourth-order valence-corrected chi connectivity index (χ4v) is 3.12. The number of carbonyl (C=O) groups excluding carboxylic acids is 1. The van der Waals surface area contributed by atoms with Crippen molar-refractivity contribution in [1.82, 2.24) is 10.2 Å². The molecule has 1 saturated heterocycles. The lowest BCUT2D eigenvalue weighted by Gasteiger charge is -2.32. The molecular weight excluding hydrogens is 248 g/mol. The van der Waals surface area contributed by atoms with Gasteiger partial charge in [0.25, 0.3) is 0 Å². The number of nitrogens with zero attached hydrogens (tertiary/aromatic N) is 1. The quantitative estimate of drug-likeness (QED) is 0.650. The minimum atomic E-state index is 0.0518. The average molecular weight is 282 g/mol. The van der Waals surface area contributed by atoms with E-state index in [-0.39, 0.29) is 12.2 Å². The van der Waals surface area contributed by atoms with Crippen molar-refractivity contribution in [1.29, 1.82) is 0 Å². The summed E-state index contributed by atoms with van der Waals surface area (Å²) >= 11 is 0. The van der Waals surface area contributed by atoms with E-state index in [9.17, 15) is 4.79 Å². The van der Waals surface area contributed by atoms with Gasteiger partial charge in [0.05, 0.1) is 12.2 Å². The molecule has 0 aliphatic carbocycles. The molecule has 20 heavy (non-hydrogen) atoms. The van der Waals surface area contributed by atoms with Crippen LogP contribution in [0, 0.1) is 5.92 Å². The van der Waals surface area contributed by atoms with E-state index in [1.807, 2.05) is 0 Å². The maximum atomic E-state index is 12.7. The molecule has 0 spiro atoms. The van der Waals surface area contributed by atoms with Crippen molar-refractivity contribution in [3.63, 3.8) is 0 Å². The first kappa shape index (κ1) is 17.5. The van der Waals surface area contributed by atoms with Crippen molar-refractivity contribution in [2.45, 2.75) is 97.8 Å². The summed E-state index contributed by atoms with van der Waals surface area (Å²) < 4.78 is 0. The number of hydrogen-bond acceptors (Lipinski definition) is 2. The zero-order chi connectivity index (χ0) is 15.1. The summed E-state index contributed by atoms with van der Waals surface area (Å²) in [4.78, 5) is 14.8. The maximum absolute atomic E-state index is 12.7. The van der Waals surface area contributed by atoms with Gasteiger partial charge >= 0.3 is 0 Å². The van der Waals surface area contributed by atoms with Crippen molar-refractivity contribution >= 4 is 5.91 Å². The Hall–Kier alpha value is -0.570. The van der Waals surface area contributed by atoms with Crippen molar-refractivity contribution in [3.05, 3.63) is 0 Å². The number of rotatable bonds is 9. The van der Waals surface area contributed by atoms with Crippen molar-refractivity contribution in [2.75, 3.05) is 0 Å². The summed E-state index contributed by atoms with van der Waals surface area (Å²) in [5.41, 5.74) is 0. The Labute approximate surface area is 125 Å². The zero-order valence-electron chi connectivity index (χ0n) is 14.1. The monoisotopic (exact) mass is 282 g/mol. The Morgan fingerprint density at radius 3 is 2.30 bits per heavy atom. The van der Waals surface area contributed by atoms with Crippen molar-refractivity contribution < 1.29 is 4.79 Å². The molecule has 3 unspecified atom stereocenters. The molecule has 1 rings (SSSR count). The van der Waals surface area contributed by atoms with Gasteiger partial charge in [-0.1, -0.05) is 59.8 Å². The Morgan fingerprint density at radius 1 is 1.10 bits per heavy atom. The van der Waals surface area contributed by atoms with Crippen LogP contribution >= 0.6 is 0 Å². The standard InChI is InChI=1S/C17H34N2O/c1-6-8-10-11-14(5)19-16(13(3)4)18-15(17(19)20)12-9-7-2/h13-16,18H,6-12H2,1-5H3. The van der Waals surface area contributed by atoms with Gasteiger partial charge in [-0.15, -0.1) is 0 Å². The SMILES string of the molecule is CCCCCC(C)N1C(=O)C(CCCC)NC1C(C)C. The predicted octanol–water partition coefficient (Wildman–Crippen LogP) is 3.93. The first-order valence-electron chi connectivity index (χ1n) is 8.61. The molecule has 3 nitrogen and oxygen atoms in total. The fourth-order valence-electron chi connectivity index (χ4n) is 3.12. The van der Waals surface area contributed by atoms with E-state index in [0.717, 1.165) is 25.7 Å². The lowest BCUT2D eigenvalue weighted by atomic mass is 10.0. The third-order valence-electron chi connectivity index (χ3n) is 4.40. The smallest absolute Gasteiger partial charge is 0.241 e. The summed E-state index contributed by atoms with van der Waals surface area (Å²) in [6.45, 7) is 11.0. The van der Waals surface area contributed by atoms with Crippen LogP contribution in [0.25, 0.3) is 0 Å². The van der Waals surface area contributed by atoms with Crippen LogP contribution in [0.1, 0.15) is 79.6 Å². The summed E-state index contributed by atoms with van der Waals surface area (Å²) in [7, 11) is 0. The molecule has 118 valence electrons. The molecule has 3 heteroatoms. The molecule has 1 fully saturated rings. The topological polar surface area (TPSA) is 32.3 Å². The summed E-state index contributed by atoms with van der Waals surface area (Å²) in [6, 6.07) is 0.413. The average Bonchev–Trinajstić information content (AvgIpc) is 2.74. The van der Waals surface area contributed by atoms with E-state index < -0.39 is 0 Å². The number of hydrogen-bond donors (Lipinski definition) is 1. The van der Waals surface area contributed by atoms with Crippen LogP contribution in [0.2, 0.25) is 0 Å². The van der Waals surface area contributed by atoms with Crippen LogP contribution in [0.5, 0.6) is 0 Å². The molecule has 0 saturated carbocycles.